The van der Waals surface area contributed by atoms with E-state index >= 15 is 0 Å². The van der Waals surface area contributed by atoms with Crippen molar-refractivity contribution in [2.45, 2.75) is 19.9 Å². The molecule has 0 saturated heterocycles. The predicted octanol–water partition coefficient (Wildman–Crippen LogP) is 2.92. The molecule has 0 saturated carbocycles. The summed E-state index contributed by atoms with van der Waals surface area (Å²) in [6.07, 6.45) is 1.63. The zero-order valence-corrected chi connectivity index (χ0v) is 15.1. The number of nitrogens with one attached hydrogen (secondary N) is 1. The highest BCUT2D eigenvalue weighted by Gasteiger charge is 2.17. The van der Waals surface area contributed by atoms with Crippen LogP contribution in [-0.2, 0) is 15.6 Å². The number of amides is 1. The van der Waals surface area contributed by atoms with Gasteiger partial charge in [0.25, 0.3) is 5.91 Å². The number of aryl methyl sites for hydroxylation is 2. The molecular weight excluding hydrogens is 322 g/mol. The number of carbonyl (C=O) groups is 1. The van der Waals surface area contributed by atoms with Gasteiger partial charge in [0.15, 0.2) is 6.61 Å². The van der Waals surface area contributed by atoms with Crippen molar-refractivity contribution in [2.24, 2.45) is 0 Å². The van der Waals surface area contributed by atoms with Gasteiger partial charge in [0, 0.05) is 22.8 Å². The molecule has 2 rings (SSSR count). The molecule has 0 heterocycles. The van der Waals surface area contributed by atoms with Crippen molar-refractivity contribution in [3.8, 4) is 5.75 Å². The van der Waals surface area contributed by atoms with Crippen LogP contribution in [0.25, 0.3) is 0 Å². The standard InChI is InChI=1S/C19H23NO3S/c1-14-8-7-9-15(2)19(14)23-12-18(21)20-17(13-24(3)22)16-10-5-4-6-11-16/h4-11,17H,12-13H2,1-3H3,(H,20,21). The number of hydrogen-bond donors (Lipinski definition) is 1. The summed E-state index contributed by atoms with van der Waals surface area (Å²) in [5, 5.41) is 2.92. The molecule has 4 nitrogen and oxygen atoms in total. The lowest BCUT2D eigenvalue weighted by Crippen LogP contribution is -2.35. The van der Waals surface area contributed by atoms with E-state index in [4.69, 9.17) is 4.74 Å². The highest BCUT2D eigenvalue weighted by Crippen LogP contribution is 2.22. The topological polar surface area (TPSA) is 55.4 Å². The van der Waals surface area contributed by atoms with Crippen molar-refractivity contribution in [1.82, 2.24) is 5.32 Å². The Bertz CT molecular complexity index is 696. The van der Waals surface area contributed by atoms with E-state index in [0.29, 0.717) is 5.75 Å². The van der Waals surface area contributed by atoms with E-state index in [1.54, 1.807) is 6.26 Å². The van der Waals surface area contributed by atoms with Gasteiger partial charge >= 0.3 is 0 Å². The first kappa shape index (κ1) is 18.2. The fraction of sp³-hybridized carbons (Fsp3) is 0.316. The largest absolute Gasteiger partial charge is 0.483 e. The van der Waals surface area contributed by atoms with Gasteiger partial charge in [0.1, 0.15) is 5.75 Å². The van der Waals surface area contributed by atoms with Crippen LogP contribution >= 0.6 is 0 Å². The first-order valence-electron chi connectivity index (χ1n) is 7.80. The van der Waals surface area contributed by atoms with Gasteiger partial charge in [-0.25, -0.2) is 0 Å². The molecule has 0 aliphatic rings. The molecule has 2 unspecified atom stereocenters. The zero-order valence-electron chi connectivity index (χ0n) is 14.2. The monoisotopic (exact) mass is 345 g/mol. The van der Waals surface area contributed by atoms with E-state index in [-0.39, 0.29) is 18.6 Å². The van der Waals surface area contributed by atoms with Crippen LogP contribution in [0.1, 0.15) is 22.7 Å². The minimum Gasteiger partial charge on any atom is -0.483 e. The van der Waals surface area contributed by atoms with E-state index < -0.39 is 10.8 Å². The number of hydrogen-bond acceptors (Lipinski definition) is 3. The van der Waals surface area contributed by atoms with Crippen LogP contribution in [0.2, 0.25) is 0 Å². The fourth-order valence-corrected chi connectivity index (χ4v) is 3.29. The van der Waals surface area contributed by atoms with Gasteiger partial charge in [-0.2, -0.15) is 0 Å². The third-order valence-electron chi connectivity index (χ3n) is 3.69. The number of para-hydroxylation sites is 1. The second kappa shape index (κ2) is 8.64. The van der Waals surface area contributed by atoms with Crippen LogP contribution < -0.4 is 10.1 Å². The number of benzene rings is 2. The lowest BCUT2D eigenvalue weighted by molar-refractivity contribution is -0.123. The maximum atomic E-state index is 12.3. The van der Waals surface area contributed by atoms with Crippen LogP contribution in [0.4, 0.5) is 0 Å². The molecule has 24 heavy (non-hydrogen) atoms. The van der Waals surface area contributed by atoms with Crippen LogP contribution in [0.5, 0.6) is 5.75 Å². The van der Waals surface area contributed by atoms with Gasteiger partial charge in [-0.1, -0.05) is 48.5 Å². The van der Waals surface area contributed by atoms with Gasteiger partial charge in [-0.05, 0) is 30.5 Å². The van der Waals surface area contributed by atoms with Crippen molar-refractivity contribution in [3.05, 3.63) is 65.2 Å². The average Bonchev–Trinajstić information content (AvgIpc) is 2.54. The second-order valence-electron chi connectivity index (χ2n) is 5.78. The summed E-state index contributed by atoms with van der Waals surface area (Å²) in [6.45, 7) is 3.84. The Labute approximate surface area is 145 Å². The minimum atomic E-state index is -1.02. The third-order valence-corrected chi connectivity index (χ3v) is 4.50. The van der Waals surface area contributed by atoms with Gasteiger partial charge in [-0.15, -0.1) is 0 Å². The first-order valence-corrected chi connectivity index (χ1v) is 9.53. The summed E-state index contributed by atoms with van der Waals surface area (Å²) >= 11 is 0. The molecular formula is C19H23NO3S. The molecule has 2 atom stereocenters. The number of rotatable bonds is 7. The summed E-state index contributed by atoms with van der Waals surface area (Å²) in [7, 11) is -1.02. The quantitative estimate of drug-likeness (QED) is 0.839. The predicted molar refractivity (Wildman–Crippen MR) is 97.7 cm³/mol. The molecule has 1 amide bonds. The average molecular weight is 345 g/mol. The second-order valence-corrected chi connectivity index (χ2v) is 7.26. The Balaban J connectivity index is 2.01. The Hall–Kier alpha value is -2.14. The van der Waals surface area contributed by atoms with E-state index in [9.17, 15) is 9.00 Å². The molecule has 2 aromatic rings. The van der Waals surface area contributed by atoms with Crippen molar-refractivity contribution >= 4 is 16.7 Å². The van der Waals surface area contributed by atoms with E-state index in [0.717, 1.165) is 22.4 Å². The normalized spacial score (nSPS) is 13.1. The SMILES string of the molecule is Cc1cccc(C)c1OCC(=O)NC(CS(C)=O)c1ccccc1. The summed E-state index contributed by atoms with van der Waals surface area (Å²) in [6, 6.07) is 15.1. The summed E-state index contributed by atoms with van der Waals surface area (Å²) < 4.78 is 17.3. The van der Waals surface area contributed by atoms with Crippen molar-refractivity contribution < 1.29 is 13.7 Å². The molecule has 0 aliphatic carbocycles. The number of carbonyl (C=O) groups excluding carboxylic acids is 1. The summed E-state index contributed by atoms with van der Waals surface area (Å²) in [4.78, 5) is 12.3. The smallest absolute Gasteiger partial charge is 0.258 e. The highest BCUT2D eigenvalue weighted by atomic mass is 32.2. The van der Waals surface area contributed by atoms with Gasteiger partial charge < -0.3 is 10.1 Å². The molecule has 5 heteroatoms. The molecule has 0 aromatic heterocycles. The maximum Gasteiger partial charge on any atom is 0.258 e. The third kappa shape index (κ3) is 5.20. The summed E-state index contributed by atoms with van der Waals surface area (Å²) in [5.41, 5.74) is 2.93. The molecule has 1 N–H and O–H groups in total. The molecule has 0 radical (unpaired) electrons. The van der Waals surface area contributed by atoms with Crippen molar-refractivity contribution in [3.63, 3.8) is 0 Å². The Morgan fingerprint density at radius 2 is 1.71 bits per heavy atom. The minimum absolute atomic E-state index is 0.0641. The van der Waals surface area contributed by atoms with E-state index in [1.807, 2.05) is 62.4 Å². The fourth-order valence-electron chi connectivity index (χ4n) is 2.54. The van der Waals surface area contributed by atoms with E-state index in [2.05, 4.69) is 5.32 Å². The molecule has 0 aliphatic heterocycles. The lowest BCUT2D eigenvalue weighted by Gasteiger charge is -2.19. The molecule has 0 spiro atoms. The highest BCUT2D eigenvalue weighted by molar-refractivity contribution is 7.84. The molecule has 128 valence electrons. The maximum absolute atomic E-state index is 12.3. The van der Waals surface area contributed by atoms with Gasteiger partial charge in [-0.3, -0.25) is 9.00 Å². The van der Waals surface area contributed by atoms with Crippen LogP contribution in [-0.4, -0.2) is 28.7 Å². The molecule has 0 bridgehead atoms. The Morgan fingerprint density at radius 1 is 1.08 bits per heavy atom. The van der Waals surface area contributed by atoms with Crippen LogP contribution in [0, 0.1) is 13.8 Å². The number of ether oxygens (including phenoxy) is 1. The first-order chi connectivity index (χ1) is 11.5. The van der Waals surface area contributed by atoms with Gasteiger partial charge in [0.2, 0.25) is 0 Å². The molecule has 2 aromatic carbocycles. The van der Waals surface area contributed by atoms with Crippen LogP contribution in [0.3, 0.4) is 0 Å². The molecule has 0 fully saturated rings. The zero-order chi connectivity index (χ0) is 17.5. The van der Waals surface area contributed by atoms with E-state index in [1.165, 1.54) is 0 Å². The van der Waals surface area contributed by atoms with Crippen molar-refractivity contribution in [2.75, 3.05) is 18.6 Å². The van der Waals surface area contributed by atoms with Crippen LogP contribution in [0.15, 0.2) is 48.5 Å². The Kier molecular flexibility index (Phi) is 6.55. The Morgan fingerprint density at radius 3 is 2.29 bits per heavy atom. The lowest BCUT2D eigenvalue weighted by atomic mass is 10.1. The van der Waals surface area contributed by atoms with Gasteiger partial charge in [0.05, 0.1) is 6.04 Å². The van der Waals surface area contributed by atoms with Crippen molar-refractivity contribution in [1.29, 1.82) is 0 Å². The summed E-state index contributed by atoms with van der Waals surface area (Å²) in [5.74, 6) is 0.888.